The maximum absolute atomic E-state index is 12.4. The minimum Gasteiger partial charge on any atom is -0.449 e. The molecule has 0 aliphatic rings. The molecule has 0 radical (unpaired) electrons. The number of nitro groups is 1. The zero-order valence-corrected chi connectivity index (χ0v) is 14.1. The predicted octanol–water partition coefficient (Wildman–Crippen LogP) is 3.93. The fourth-order valence-electron chi connectivity index (χ4n) is 2.24. The molecule has 0 aliphatic heterocycles. The molecule has 1 aromatic carbocycles. The lowest BCUT2D eigenvalue weighted by atomic mass is 10.1. The first kappa shape index (κ1) is 16.8. The molecule has 0 bridgehead atoms. The molecule has 0 saturated heterocycles. The molecule has 9 heteroatoms. The van der Waals surface area contributed by atoms with Gasteiger partial charge < -0.3 is 9.15 Å². The van der Waals surface area contributed by atoms with Gasteiger partial charge >= 0.3 is 5.97 Å². The lowest BCUT2D eigenvalue weighted by Crippen LogP contribution is -2.13. The number of hydrogen-bond acceptors (Lipinski definition) is 8. The van der Waals surface area contributed by atoms with Gasteiger partial charge in [0.15, 0.2) is 6.10 Å². The van der Waals surface area contributed by atoms with Crippen molar-refractivity contribution in [2.45, 2.75) is 20.0 Å². The molecule has 3 aromatic rings. The maximum Gasteiger partial charge on any atom is 0.346 e. The van der Waals surface area contributed by atoms with Gasteiger partial charge in [-0.25, -0.2) is 4.79 Å². The van der Waals surface area contributed by atoms with E-state index in [4.69, 9.17) is 9.15 Å². The van der Waals surface area contributed by atoms with Crippen LogP contribution in [0.2, 0.25) is 0 Å². The van der Waals surface area contributed by atoms with Crippen molar-refractivity contribution >= 4 is 23.0 Å². The molecule has 8 nitrogen and oxygen atoms in total. The highest BCUT2D eigenvalue weighted by Crippen LogP contribution is 2.28. The molecule has 0 aliphatic carbocycles. The second-order valence-corrected chi connectivity index (χ2v) is 6.14. The number of benzene rings is 1. The summed E-state index contributed by atoms with van der Waals surface area (Å²) in [5, 5.41) is 20.8. The highest BCUT2D eigenvalue weighted by molar-refractivity contribution is 7.13. The van der Waals surface area contributed by atoms with E-state index in [2.05, 4.69) is 10.2 Å². The van der Waals surface area contributed by atoms with Crippen molar-refractivity contribution < 1.29 is 18.9 Å². The monoisotopic (exact) mass is 359 g/mol. The van der Waals surface area contributed by atoms with E-state index in [1.165, 1.54) is 23.5 Å². The number of carbonyl (C=O) groups is 1. The second-order valence-electron chi connectivity index (χ2n) is 5.20. The summed E-state index contributed by atoms with van der Waals surface area (Å²) < 4.78 is 10.8. The molecule has 2 heterocycles. The third-order valence-electron chi connectivity index (χ3n) is 3.46. The minimum atomic E-state index is -0.840. The third kappa shape index (κ3) is 3.41. The van der Waals surface area contributed by atoms with Crippen LogP contribution in [0.4, 0.5) is 5.69 Å². The van der Waals surface area contributed by atoms with Gasteiger partial charge in [-0.3, -0.25) is 10.1 Å². The fourth-order valence-corrected chi connectivity index (χ4v) is 2.88. The van der Waals surface area contributed by atoms with Gasteiger partial charge in [0.05, 0.1) is 9.80 Å². The number of hydrogen-bond donors (Lipinski definition) is 0. The highest BCUT2D eigenvalue weighted by atomic mass is 32.1. The first-order valence-electron chi connectivity index (χ1n) is 7.29. The SMILES string of the molecule is Cc1cccc([N+](=O)[O-])c1C(=O)OC(C)c1nnc(-c2cccs2)o1. The Labute approximate surface area is 146 Å². The van der Waals surface area contributed by atoms with Crippen molar-refractivity contribution in [1.29, 1.82) is 0 Å². The Balaban J connectivity index is 1.81. The summed E-state index contributed by atoms with van der Waals surface area (Å²) in [7, 11) is 0. The van der Waals surface area contributed by atoms with Crippen LogP contribution in [-0.2, 0) is 4.74 Å². The largest absolute Gasteiger partial charge is 0.449 e. The number of rotatable bonds is 5. The molecule has 1 atom stereocenters. The Kier molecular flexibility index (Phi) is 4.57. The van der Waals surface area contributed by atoms with Crippen molar-refractivity contribution in [2.75, 3.05) is 0 Å². The Bertz CT molecular complexity index is 920. The molecular weight excluding hydrogens is 346 g/mol. The van der Waals surface area contributed by atoms with E-state index in [-0.39, 0.29) is 17.1 Å². The Morgan fingerprint density at radius 1 is 1.32 bits per heavy atom. The van der Waals surface area contributed by atoms with E-state index in [1.54, 1.807) is 19.9 Å². The lowest BCUT2D eigenvalue weighted by molar-refractivity contribution is -0.385. The Morgan fingerprint density at radius 3 is 2.80 bits per heavy atom. The summed E-state index contributed by atoms with van der Waals surface area (Å²) in [5.74, 6) is -0.365. The molecule has 0 spiro atoms. The topological polar surface area (TPSA) is 108 Å². The zero-order chi connectivity index (χ0) is 18.0. The van der Waals surface area contributed by atoms with E-state index < -0.39 is 17.0 Å². The molecule has 25 heavy (non-hydrogen) atoms. The van der Waals surface area contributed by atoms with Crippen molar-refractivity contribution in [3.63, 3.8) is 0 Å². The van der Waals surface area contributed by atoms with Crippen LogP contribution in [-0.4, -0.2) is 21.1 Å². The van der Waals surface area contributed by atoms with Crippen LogP contribution in [0.15, 0.2) is 40.1 Å². The number of nitro benzene ring substituents is 1. The maximum atomic E-state index is 12.4. The number of esters is 1. The number of carbonyl (C=O) groups excluding carboxylic acids is 1. The molecule has 128 valence electrons. The van der Waals surface area contributed by atoms with Crippen molar-refractivity contribution in [3.8, 4) is 10.8 Å². The van der Waals surface area contributed by atoms with Crippen molar-refractivity contribution in [2.24, 2.45) is 0 Å². The summed E-state index contributed by atoms with van der Waals surface area (Å²) in [4.78, 5) is 23.7. The van der Waals surface area contributed by atoms with Crippen molar-refractivity contribution in [3.05, 3.63) is 62.8 Å². The number of aromatic nitrogens is 2. The quantitative estimate of drug-likeness (QED) is 0.386. The average molecular weight is 359 g/mol. The smallest absolute Gasteiger partial charge is 0.346 e. The highest BCUT2D eigenvalue weighted by Gasteiger charge is 2.27. The van der Waals surface area contributed by atoms with Crippen LogP contribution in [0, 0.1) is 17.0 Å². The van der Waals surface area contributed by atoms with Gasteiger partial charge in [-0.1, -0.05) is 18.2 Å². The fraction of sp³-hybridized carbons (Fsp3) is 0.188. The van der Waals surface area contributed by atoms with Crippen molar-refractivity contribution in [1.82, 2.24) is 10.2 Å². The van der Waals surface area contributed by atoms with Crippen LogP contribution in [0.25, 0.3) is 10.8 Å². The summed E-state index contributed by atoms with van der Waals surface area (Å²) >= 11 is 1.44. The molecule has 0 fully saturated rings. The molecule has 0 saturated carbocycles. The van der Waals surface area contributed by atoms with Gasteiger partial charge in [0, 0.05) is 6.07 Å². The predicted molar refractivity (Wildman–Crippen MR) is 89.3 cm³/mol. The standard InChI is InChI=1S/C16H13N3O5S/c1-9-5-3-6-11(19(21)22)13(9)16(20)23-10(2)14-17-18-15(24-14)12-7-4-8-25-12/h3-8,10H,1-2H3. The summed E-state index contributed by atoms with van der Waals surface area (Å²) in [6, 6.07) is 8.06. The number of aryl methyl sites for hydroxylation is 1. The van der Waals surface area contributed by atoms with Crippen LogP contribution >= 0.6 is 11.3 Å². The van der Waals surface area contributed by atoms with E-state index >= 15 is 0 Å². The Morgan fingerprint density at radius 2 is 2.12 bits per heavy atom. The van der Waals surface area contributed by atoms with Gasteiger partial charge in [-0.2, -0.15) is 0 Å². The van der Waals surface area contributed by atoms with Gasteiger partial charge in [0.25, 0.3) is 17.5 Å². The molecular formula is C16H13N3O5S. The molecule has 0 amide bonds. The van der Waals surface area contributed by atoms with Gasteiger partial charge in [0.1, 0.15) is 5.56 Å². The third-order valence-corrected chi connectivity index (χ3v) is 4.31. The minimum absolute atomic E-state index is 0.0858. The first-order valence-corrected chi connectivity index (χ1v) is 8.17. The number of thiophene rings is 1. The van der Waals surface area contributed by atoms with E-state index in [0.29, 0.717) is 11.5 Å². The van der Waals surface area contributed by atoms with Crippen LogP contribution in [0.5, 0.6) is 0 Å². The molecule has 1 unspecified atom stereocenters. The average Bonchev–Trinajstić information content (AvgIpc) is 3.25. The summed E-state index contributed by atoms with van der Waals surface area (Å²) in [6.07, 6.45) is -0.840. The van der Waals surface area contributed by atoms with Crippen LogP contribution < -0.4 is 0 Å². The zero-order valence-electron chi connectivity index (χ0n) is 13.3. The van der Waals surface area contributed by atoms with Gasteiger partial charge in [0.2, 0.25) is 0 Å². The second kappa shape index (κ2) is 6.81. The normalized spacial score (nSPS) is 11.9. The molecule has 2 aromatic heterocycles. The van der Waals surface area contributed by atoms with E-state index in [9.17, 15) is 14.9 Å². The van der Waals surface area contributed by atoms with Crippen LogP contribution in [0.1, 0.15) is 34.8 Å². The van der Waals surface area contributed by atoms with Gasteiger partial charge in [-0.15, -0.1) is 21.5 Å². The number of nitrogens with zero attached hydrogens (tertiary/aromatic N) is 3. The molecule has 3 rings (SSSR count). The molecule has 0 N–H and O–H groups in total. The number of ether oxygens (including phenoxy) is 1. The summed E-state index contributed by atoms with van der Waals surface area (Å²) in [5.41, 5.74) is 0.0653. The van der Waals surface area contributed by atoms with Gasteiger partial charge in [-0.05, 0) is 30.9 Å². The van der Waals surface area contributed by atoms with E-state index in [0.717, 1.165) is 4.88 Å². The first-order chi connectivity index (χ1) is 12.0. The Hall–Kier alpha value is -3.07. The van der Waals surface area contributed by atoms with Crippen LogP contribution in [0.3, 0.4) is 0 Å². The lowest BCUT2D eigenvalue weighted by Gasteiger charge is -2.11. The summed E-state index contributed by atoms with van der Waals surface area (Å²) in [6.45, 7) is 3.17. The van der Waals surface area contributed by atoms with E-state index in [1.807, 2.05) is 17.5 Å².